The quantitative estimate of drug-likeness (QED) is 0.405. The van der Waals surface area contributed by atoms with Crippen LogP contribution in [0.2, 0.25) is 0 Å². The van der Waals surface area contributed by atoms with Gasteiger partial charge in [-0.1, -0.05) is 0 Å². The zero-order valence-electron chi connectivity index (χ0n) is 9.39. The molecule has 1 aliphatic rings. The highest BCUT2D eigenvalue weighted by Gasteiger charge is 2.39. The number of carbonyl (C=O) groups is 1. The van der Waals surface area contributed by atoms with Crippen LogP contribution in [0.1, 0.15) is 12.5 Å². The molecule has 1 heterocycles. The van der Waals surface area contributed by atoms with Gasteiger partial charge in [0.05, 0.1) is 4.92 Å². The van der Waals surface area contributed by atoms with Crippen molar-refractivity contribution in [2.45, 2.75) is 12.5 Å². The number of nitrogens with one attached hydrogen (secondary N) is 3. The SMILES string of the molecule is CC1(c2ccc([N+](=O)[O-])cc2)NNC(=S)NC1=O. The van der Waals surface area contributed by atoms with E-state index >= 15 is 0 Å². The third-order valence-electron chi connectivity index (χ3n) is 2.76. The van der Waals surface area contributed by atoms with Gasteiger partial charge in [0.1, 0.15) is 5.54 Å². The van der Waals surface area contributed by atoms with E-state index < -0.39 is 10.5 Å². The van der Waals surface area contributed by atoms with Crippen molar-refractivity contribution in [1.29, 1.82) is 0 Å². The molecule has 1 saturated heterocycles. The van der Waals surface area contributed by atoms with Crippen LogP contribution in [0.5, 0.6) is 0 Å². The van der Waals surface area contributed by atoms with Crippen molar-refractivity contribution >= 4 is 28.9 Å². The number of amides is 1. The number of hydrogen-bond donors (Lipinski definition) is 3. The topological polar surface area (TPSA) is 96.3 Å². The van der Waals surface area contributed by atoms with Crippen molar-refractivity contribution in [3.05, 3.63) is 39.9 Å². The summed E-state index contributed by atoms with van der Waals surface area (Å²) in [6, 6.07) is 5.76. The Morgan fingerprint density at radius 3 is 2.44 bits per heavy atom. The first-order chi connectivity index (χ1) is 8.43. The highest BCUT2D eigenvalue weighted by atomic mass is 32.1. The fourth-order valence-electron chi connectivity index (χ4n) is 1.62. The molecular formula is C10H10N4O3S. The Balaban J connectivity index is 2.32. The van der Waals surface area contributed by atoms with E-state index in [0.29, 0.717) is 5.56 Å². The maximum atomic E-state index is 11.9. The van der Waals surface area contributed by atoms with Crippen molar-refractivity contribution in [2.24, 2.45) is 0 Å². The lowest BCUT2D eigenvalue weighted by atomic mass is 9.91. The highest BCUT2D eigenvalue weighted by molar-refractivity contribution is 7.80. The van der Waals surface area contributed by atoms with E-state index in [2.05, 4.69) is 16.2 Å². The molecule has 1 amide bonds. The first-order valence-corrected chi connectivity index (χ1v) is 5.48. The second kappa shape index (κ2) is 4.31. The van der Waals surface area contributed by atoms with Crippen LogP contribution in [0.3, 0.4) is 0 Å². The van der Waals surface area contributed by atoms with Crippen LogP contribution in [0.15, 0.2) is 24.3 Å². The molecule has 1 fully saturated rings. The highest BCUT2D eigenvalue weighted by Crippen LogP contribution is 2.24. The molecule has 7 nitrogen and oxygen atoms in total. The van der Waals surface area contributed by atoms with Gasteiger partial charge in [-0.05, 0) is 36.8 Å². The fourth-order valence-corrected chi connectivity index (χ4v) is 1.76. The summed E-state index contributed by atoms with van der Waals surface area (Å²) in [4.78, 5) is 22.0. The summed E-state index contributed by atoms with van der Waals surface area (Å²) in [5.74, 6) is -0.319. The van der Waals surface area contributed by atoms with Crippen LogP contribution in [0.25, 0.3) is 0 Å². The zero-order chi connectivity index (χ0) is 13.3. The van der Waals surface area contributed by atoms with Crippen LogP contribution in [0, 0.1) is 10.1 Å². The summed E-state index contributed by atoms with van der Waals surface area (Å²) in [7, 11) is 0. The summed E-state index contributed by atoms with van der Waals surface area (Å²) < 4.78 is 0. The Hall–Kier alpha value is -2.06. The molecule has 0 radical (unpaired) electrons. The van der Waals surface area contributed by atoms with Crippen molar-refractivity contribution in [1.82, 2.24) is 16.2 Å². The summed E-state index contributed by atoms with van der Waals surface area (Å²) >= 11 is 4.80. The standard InChI is InChI=1S/C10H10N4O3S/c1-10(8(15)11-9(18)12-13-10)6-2-4-7(5-3-6)14(16)17/h2-5,13H,1H3,(H2,11,12,15,18). The summed E-state index contributed by atoms with van der Waals surface area (Å²) in [5, 5.41) is 13.2. The van der Waals surface area contributed by atoms with E-state index in [1.807, 2.05) is 0 Å². The van der Waals surface area contributed by atoms with Crippen molar-refractivity contribution < 1.29 is 9.72 Å². The molecule has 2 rings (SSSR count). The van der Waals surface area contributed by atoms with Crippen LogP contribution >= 0.6 is 12.2 Å². The summed E-state index contributed by atoms with van der Waals surface area (Å²) in [5.41, 5.74) is 4.98. The third kappa shape index (κ3) is 2.03. The first-order valence-electron chi connectivity index (χ1n) is 5.07. The molecule has 0 bridgehead atoms. The number of hydrogen-bond acceptors (Lipinski definition) is 5. The lowest BCUT2D eigenvalue weighted by molar-refractivity contribution is -0.384. The number of nitrogens with zero attached hydrogens (tertiary/aromatic N) is 1. The Bertz CT molecular complexity index is 530. The van der Waals surface area contributed by atoms with Crippen molar-refractivity contribution in [3.63, 3.8) is 0 Å². The van der Waals surface area contributed by atoms with Gasteiger partial charge in [-0.25, -0.2) is 5.43 Å². The first kappa shape index (κ1) is 12.4. The molecule has 1 aromatic carbocycles. The molecule has 0 spiro atoms. The van der Waals surface area contributed by atoms with E-state index in [1.165, 1.54) is 24.3 Å². The molecule has 1 atom stereocenters. The minimum absolute atomic E-state index is 0.0259. The van der Waals surface area contributed by atoms with Gasteiger partial charge in [-0.3, -0.25) is 20.3 Å². The number of benzene rings is 1. The van der Waals surface area contributed by atoms with Crippen molar-refractivity contribution in [3.8, 4) is 0 Å². The molecule has 1 aliphatic heterocycles. The molecule has 1 aromatic rings. The molecule has 18 heavy (non-hydrogen) atoms. The maximum absolute atomic E-state index is 11.9. The van der Waals surface area contributed by atoms with Gasteiger partial charge in [0.25, 0.3) is 11.6 Å². The number of hydrazine groups is 1. The molecule has 0 saturated carbocycles. The van der Waals surface area contributed by atoms with E-state index in [4.69, 9.17) is 12.2 Å². The fraction of sp³-hybridized carbons (Fsp3) is 0.200. The van der Waals surface area contributed by atoms with Gasteiger partial charge in [-0.15, -0.1) is 0 Å². The van der Waals surface area contributed by atoms with Gasteiger partial charge < -0.3 is 5.32 Å². The Kier molecular flexibility index (Phi) is 2.97. The van der Waals surface area contributed by atoms with Crippen molar-refractivity contribution in [2.75, 3.05) is 0 Å². The summed E-state index contributed by atoms with van der Waals surface area (Å²) in [6.07, 6.45) is 0. The number of carbonyl (C=O) groups excluding carboxylic acids is 1. The normalized spacial score (nSPS) is 23.2. The van der Waals surface area contributed by atoms with E-state index in [0.717, 1.165) is 0 Å². The smallest absolute Gasteiger partial charge is 0.269 e. The molecule has 1 unspecified atom stereocenters. The molecule has 94 valence electrons. The molecule has 8 heteroatoms. The minimum Gasteiger partial charge on any atom is -0.300 e. The minimum atomic E-state index is -1.03. The number of rotatable bonds is 2. The van der Waals surface area contributed by atoms with E-state index in [-0.39, 0.29) is 16.7 Å². The average Bonchev–Trinajstić information content (AvgIpc) is 2.34. The monoisotopic (exact) mass is 266 g/mol. The lowest BCUT2D eigenvalue weighted by Gasteiger charge is -2.34. The number of nitro benzene ring substituents is 1. The van der Waals surface area contributed by atoms with E-state index in [9.17, 15) is 14.9 Å². The van der Waals surface area contributed by atoms with Crippen LogP contribution < -0.4 is 16.2 Å². The predicted octanol–water partition coefficient (Wildman–Crippen LogP) is 0.319. The lowest BCUT2D eigenvalue weighted by Crippen LogP contribution is -2.67. The average molecular weight is 266 g/mol. The maximum Gasteiger partial charge on any atom is 0.269 e. The van der Waals surface area contributed by atoms with E-state index in [1.54, 1.807) is 6.92 Å². The Morgan fingerprint density at radius 2 is 1.94 bits per heavy atom. The Morgan fingerprint density at radius 1 is 1.33 bits per heavy atom. The third-order valence-corrected chi connectivity index (χ3v) is 2.97. The molecule has 0 aromatic heterocycles. The zero-order valence-corrected chi connectivity index (χ0v) is 10.2. The number of non-ortho nitro benzene ring substituents is 1. The van der Waals surface area contributed by atoms with Crippen LogP contribution in [-0.4, -0.2) is 15.9 Å². The van der Waals surface area contributed by atoms with Gasteiger partial charge >= 0.3 is 0 Å². The second-order valence-corrected chi connectivity index (χ2v) is 4.37. The second-order valence-electron chi connectivity index (χ2n) is 3.96. The molecule has 3 N–H and O–H groups in total. The molecular weight excluding hydrogens is 256 g/mol. The molecule has 0 aliphatic carbocycles. The largest absolute Gasteiger partial charge is 0.300 e. The van der Waals surface area contributed by atoms with Gasteiger partial charge in [-0.2, -0.15) is 0 Å². The summed E-state index contributed by atoms with van der Waals surface area (Å²) in [6.45, 7) is 1.65. The van der Waals surface area contributed by atoms with Gasteiger partial charge in [0.2, 0.25) is 0 Å². The van der Waals surface area contributed by atoms with Gasteiger partial charge in [0, 0.05) is 12.1 Å². The number of nitro groups is 1. The van der Waals surface area contributed by atoms with Gasteiger partial charge in [0.15, 0.2) is 5.11 Å². The Labute approximate surface area is 108 Å². The predicted molar refractivity (Wildman–Crippen MR) is 67.5 cm³/mol. The van der Waals surface area contributed by atoms with Crippen LogP contribution in [0.4, 0.5) is 5.69 Å². The van der Waals surface area contributed by atoms with Crippen LogP contribution in [-0.2, 0) is 10.3 Å². The number of thiocarbonyl (C=S) groups is 1.